The molecule has 2 heterocycles. The Hall–Kier alpha value is -2.58. The standard InChI is InChI=1S/C19H21N3O2/c1-13-14(2)24-19(16(13)11-20)21-18(23)12-22-10-6-9-17(22)15-7-4-3-5-8-15/h3-5,7-8,17H,6,9-10,12H2,1-2H3,(H,21,23). The number of anilines is 1. The van der Waals surface area contributed by atoms with Crippen LogP contribution < -0.4 is 5.32 Å². The van der Waals surface area contributed by atoms with Gasteiger partial charge < -0.3 is 4.42 Å². The van der Waals surface area contributed by atoms with Crippen molar-refractivity contribution in [2.45, 2.75) is 32.7 Å². The van der Waals surface area contributed by atoms with Gasteiger partial charge in [0.05, 0.1) is 6.54 Å². The summed E-state index contributed by atoms with van der Waals surface area (Å²) >= 11 is 0. The molecule has 1 aliphatic heterocycles. The van der Waals surface area contributed by atoms with Crippen molar-refractivity contribution >= 4 is 11.8 Å². The largest absolute Gasteiger partial charge is 0.444 e. The Kier molecular flexibility index (Phi) is 4.68. The molecule has 0 aliphatic carbocycles. The maximum absolute atomic E-state index is 12.4. The number of nitriles is 1. The van der Waals surface area contributed by atoms with Gasteiger partial charge in [0.25, 0.3) is 0 Å². The zero-order valence-electron chi connectivity index (χ0n) is 14.0. The molecule has 0 bridgehead atoms. The van der Waals surface area contributed by atoms with Gasteiger partial charge in [0, 0.05) is 11.6 Å². The lowest BCUT2D eigenvalue weighted by molar-refractivity contribution is -0.117. The molecule has 1 saturated heterocycles. The molecule has 0 radical (unpaired) electrons. The van der Waals surface area contributed by atoms with Gasteiger partial charge >= 0.3 is 0 Å². The zero-order chi connectivity index (χ0) is 17.1. The third kappa shape index (κ3) is 3.19. The fourth-order valence-electron chi connectivity index (χ4n) is 3.27. The molecular weight excluding hydrogens is 302 g/mol. The second-order valence-corrected chi connectivity index (χ2v) is 6.19. The number of furan rings is 1. The number of nitrogens with zero attached hydrogens (tertiary/aromatic N) is 2. The van der Waals surface area contributed by atoms with Crippen molar-refractivity contribution in [2.24, 2.45) is 0 Å². The summed E-state index contributed by atoms with van der Waals surface area (Å²) in [5.74, 6) is 0.765. The van der Waals surface area contributed by atoms with Crippen LogP contribution in [0, 0.1) is 25.2 Å². The highest BCUT2D eigenvalue weighted by Crippen LogP contribution is 2.31. The van der Waals surface area contributed by atoms with E-state index in [4.69, 9.17) is 4.42 Å². The molecule has 1 aliphatic rings. The summed E-state index contributed by atoms with van der Waals surface area (Å²) < 4.78 is 5.51. The van der Waals surface area contributed by atoms with Gasteiger partial charge in [-0.1, -0.05) is 30.3 Å². The highest BCUT2D eigenvalue weighted by molar-refractivity contribution is 5.92. The van der Waals surface area contributed by atoms with Gasteiger partial charge in [-0.3, -0.25) is 15.0 Å². The number of hydrogen-bond acceptors (Lipinski definition) is 4. The number of hydrogen-bond donors (Lipinski definition) is 1. The fourth-order valence-corrected chi connectivity index (χ4v) is 3.27. The molecule has 1 amide bonds. The molecule has 24 heavy (non-hydrogen) atoms. The van der Waals surface area contributed by atoms with Crippen LogP contribution in [0.1, 0.15) is 41.3 Å². The van der Waals surface area contributed by atoms with Gasteiger partial charge in [0.1, 0.15) is 17.4 Å². The van der Waals surface area contributed by atoms with Crippen molar-refractivity contribution in [1.29, 1.82) is 5.26 Å². The van der Waals surface area contributed by atoms with Crippen molar-refractivity contribution in [2.75, 3.05) is 18.4 Å². The zero-order valence-corrected chi connectivity index (χ0v) is 14.0. The van der Waals surface area contributed by atoms with Crippen LogP contribution in [0.5, 0.6) is 0 Å². The van der Waals surface area contributed by atoms with Crippen LogP contribution >= 0.6 is 0 Å². The Labute approximate surface area is 141 Å². The summed E-state index contributed by atoms with van der Waals surface area (Å²) in [6, 6.07) is 12.6. The maximum Gasteiger partial charge on any atom is 0.240 e. The summed E-state index contributed by atoms with van der Waals surface area (Å²) in [5, 5.41) is 12.0. The lowest BCUT2D eigenvalue weighted by atomic mass is 10.0. The van der Waals surface area contributed by atoms with E-state index < -0.39 is 0 Å². The number of amides is 1. The predicted octanol–water partition coefficient (Wildman–Crippen LogP) is 3.54. The molecule has 3 rings (SSSR count). The smallest absolute Gasteiger partial charge is 0.240 e. The van der Waals surface area contributed by atoms with E-state index in [1.165, 1.54) is 5.56 Å². The van der Waals surface area contributed by atoms with Gasteiger partial charge in [0.2, 0.25) is 11.8 Å². The summed E-state index contributed by atoms with van der Waals surface area (Å²) in [7, 11) is 0. The van der Waals surface area contributed by atoms with Crippen LogP contribution in [-0.4, -0.2) is 23.9 Å². The summed E-state index contributed by atoms with van der Waals surface area (Å²) in [6.45, 7) is 4.80. The fraction of sp³-hybridized carbons (Fsp3) is 0.368. The first-order chi connectivity index (χ1) is 11.6. The van der Waals surface area contributed by atoms with Crippen molar-refractivity contribution in [3.63, 3.8) is 0 Å². The Morgan fingerprint density at radius 2 is 2.12 bits per heavy atom. The minimum atomic E-state index is -0.150. The highest BCUT2D eigenvalue weighted by atomic mass is 16.4. The van der Waals surface area contributed by atoms with E-state index in [0.29, 0.717) is 17.9 Å². The second-order valence-electron chi connectivity index (χ2n) is 6.19. The van der Waals surface area contributed by atoms with Crippen molar-refractivity contribution in [3.05, 3.63) is 52.8 Å². The maximum atomic E-state index is 12.4. The van der Waals surface area contributed by atoms with Crippen LogP contribution in [0.2, 0.25) is 0 Å². The van der Waals surface area contributed by atoms with E-state index in [1.807, 2.05) is 25.1 Å². The summed E-state index contributed by atoms with van der Waals surface area (Å²) in [5.41, 5.74) is 2.42. The number of benzene rings is 1. The average Bonchev–Trinajstić information content (AvgIpc) is 3.13. The molecule has 1 atom stereocenters. The molecule has 1 N–H and O–H groups in total. The van der Waals surface area contributed by atoms with Crippen molar-refractivity contribution in [3.8, 4) is 6.07 Å². The van der Waals surface area contributed by atoms with E-state index in [0.717, 1.165) is 24.9 Å². The predicted molar refractivity (Wildman–Crippen MR) is 91.5 cm³/mol. The Bertz CT molecular complexity index is 774. The first-order valence-corrected chi connectivity index (χ1v) is 8.19. The summed E-state index contributed by atoms with van der Waals surface area (Å²) in [4.78, 5) is 14.6. The van der Waals surface area contributed by atoms with Crippen molar-refractivity contribution < 1.29 is 9.21 Å². The van der Waals surface area contributed by atoms with Gasteiger partial charge in [-0.05, 0) is 38.8 Å². The molecule has 1 fully saturated rings. The SMILES string of the molecule is Cc1oc(NC(=O)CN2CCCC2c2ccccc2)c(C#N)c1C. The average molecular weight is 323 g/mol. The molecule has 1 aromatic heterocycles. The molecule has 5 heteroatoms. The van der Waals surface area contributed by atoms with Gasteiger partial charge in [-0.2, -0.15) is 5.26 Å². The molecule has 1 aromatic carbocycles. The molecule has 1 unspecified atom stereocenters. The van der Waals surface area contributed by atoms with Crippen LogP contribution in [0.3, 0.4) is 0 Å². The topological polar surface area (TPSA) is 69.3 Å². The van der Waals surface area contributed by atoms with Gasteiger partial charge in [-0.25, -0.2) is 0 Å². The third-order valence-electron chi connectivity index (χ3n) is 4.64. The Balaban J connectivity index is 1.69. The Morgan fingerprint density at radius 3 is 2.83 bits per heavy atom. The number of nitrogens with one attached hydrogen (secondary N) is 1. The molecular formula is C19H21N3O2. The normalized spacial score (nSPS) is 17.6. The Morgan fingerprint density at radius 1 is 1.38 bits per heavy atom. The molecule has 5 nitrogen and oxygen atoms in total. The minimum Gasteiger partial charge on any atom is -0.444 e. The number of rotatable bonds is 4. The highest BCUT2D eigenvalue weighted by Gasteiger charge is 2.28. The minimum absolute atomic E-state index is 0.150. The van der Waals surface area contributed by atoms with Gasteiger partial charge in [-0.15, -0.1) is 0 Å². The van der Waals surface area contributed by atoms with E-state index in [9.17, 15) is 10.1 Å². The lowest BCUT2D eigenvalue weighted by Gasteiger charge is -2.24. The lowest BCUT2D eigenvalue weighted by Crippen LogP contribution is -2.33. The quantitative estimate of drug-likeness (QED) is 0.934. The van der Waals surface area contributed by atoms with Crippen LogP contribution in [0.25, 0.3) is 0 Å². The molecule has 124 valence electrons. The number of likely N-dealkylation sites (tertiary alicyclic amines) is 1. The monoisotopic (exact) mass is 323 g/mol. The third-order valence-corrected chi connectivity index (χ3v) is 4.64. The van der Waals surface area contributed by atoms with Gasteiger partial charge in [0.15, 0.2) is 0 Å². The second kappa shape index (κ2) is 6.90. The van der Waals surface area contributed by atoms with E-state index in [1.54, 1.807) is 6.92 Å². The van der Waals surface area contributed by atoms with E-state index >= 15 is 0 Å². The van der Waals surface area contributed by atoms with Crippen LogP contribution in [0.15, 0.2) is 34.7 Å². The number of carbonyl (C=O) groups is 1. The number of carbonyl (C=O) groups excluding carboxylic acids is 1. The van der Waals surface area contributed by atoms with Crippen LogP contribution in [-0.2, 0) is 4.79 Å². The molecule has 2 aromatic rings. The van der Waals surface area contributed by atoms with Crippen LogP contribution in [0.4, 0.5) is 5.88 Å². The number of aryl methyl sites for hydroxylation is 1. The molecule has 0 saturated carbocycles. The van der Waals surface area contributed by atoms with E-state index in [-0.39, 0.29) is 17.8 Å². The van der Waals surface area contributed by atoms with E-state index in [2.05, 4.69) is 28.4 Å². The first-order valence-electron chi connectivity index (χ1n) is 8.19. The van der Waals surface area contributed by atoms with Crippen molar-refractivity contribution in [1.82, 2.24) is 4.90 Å². The molecule has 0 spiro atoms. The first kappa shape index (κ1) is 16.3. The summed E-state index contributed by atoms with van der Waals surface area (Å²) in [6.07, 6.45) is 2.13.